The average molecular weight is 888 g/mol. The molecule has 57 heavy (non-hydrogen) atoms. The molecule has 0 atom stereocenters. The molecule has 0 bridgehead atoms. The third-order valence-corrected chi connectivity index (χ3v) is 12.9. The summed E-state index contributed by atoms with van der Waals surface area (Å²) in [4.78, 5) is 70.9. The molecule has 0 aliphatic carbocycles. The van der Waals surface area contributed by atoms with Crippen LogP contribution in [0.3, 0.4) is 0 Å². The van der Waals surface area contributed by atoms with Crippen molar-refractivity contribution in [1.82, 2.24) is 23.5 Å². The van der Waals surface area contributed by atoms with E-state index in [2.05, 4.69) is 0 Å². The molecule has 18 nitrogen and oxygen atoms in total. The Labute approximate surface area is 334 Å². The molecule has 6 rings (SSSR count). The van der Waals surface area contributed by atoms with Crippen LogP contribution >= 0.6 is 12.2 Å². The number of carboxylic acid groups (broad SMARTS) is 2. The van der Waals surface area contributed by atoms with E-state index in [1.807, 2.05) is 0 Å². The van der Waals surface area contributed by atoms with Gasteiger partial charge in [-0.3, -0.25) is 4.55 Å². The van der Waals surface area contributed by atoms with Crippen LogP contribution in [0.4, 0.5) is 5.69 Å². The number of imidazole rings is 1. The molecule has 2 aromatic carbocycles. The van der Waals surface area contributed by atoms with E-state index in [0.29, 0.717) is 17.0 Å². The summed E-state index contributed by atoms with van der Waals surface area (Å²) in [6.45, 7) is 2.24. The van der Waals surface area contributed by atoms with Crippen molar-refractivity contribution >= 4 is 77.3 Å². The Morgan fingerprint density at radius 1 is 0.965 bits per heavy atom. The van der Waals surface area contributed by atoms with Crippen LogP contribution in [0.1, 0.15) is 30.6 Å². The van der Waals surface area contributed by atoms with E-state index in [-0.39, 0.29) is 73.1 Å². The number of benzene rings is 2. The first kappa shape index (κ1) is 41.1. The Hall–Kier alpha value is -5.57. The number of aliphatic hydroxyl groups is 1. The summed E-state index contributed by atoms with van der Waals surface area (Å²) in [5.41, 5.74) is -0.291. The van der Waals surface area contributed by atoms with Gasteiger partial charge < -0.3 is 0 Å². The van der Waals surface area contributed by atoms with Crippen molar-refractivity contribution in [3.63, 3.8) is 0 Å². The molecule has 0 spiro atoms. The minimum absolute atomic E-state index is 0.00560. The Bertz CT molecular complexity index is 2840. The summed E-state index contributed by atoms with van der Waals surface area (Å²) in [6.07, 6.45) is 1.57. The molecular weight excluding hydrogens is 852 g/mol. The molecule has 1 fully saturated rings. The van der Waals surface area contributed by atoms with E-state index in [9.17, 15) is 52.3 Å². The van der Waals surface area contributed by atoms with Crippen molar-refractivity contribution < 1.29 is 47.4 Å². The van der Waals surface area contributed by atoms with Crippen molar-refractivity contribution in [3.05, 3.63) is 105 Å². The van der Waals surface area contributed by atoms with Crippen molar-refractivity contribution in [2.45, 2.75) is 33.4 Å². The van der Waals surface area contributed by atoms with Gasteiger partial charge >= 0.3 is 323 Å². The Kier molecular flexibility index (Phi) is 11.6. The number of fused-ring (bicyclic) bond motifs is 1. The van der Waals surface area contributed by atoms with E-state index in [1.165, 1.54) is 46.9 Å². The van der Waals surface area contributed by atoms with Crippen molar-refractivity contribution in [2.24, 2.45) is 0 Å². The van der Waals surface area contributed by atoms with E-state index < -0.39 is 72.5 Å². The maximum absolute atomic E-state index is 14.7. The summed E-state index contributed by atoms with van der Waals surface area (Å²) >= 11 is 4.30. The summed E-state index contributed by atoms with van der Waals surface area (Å²) in [6, 6.07) is 12.4. The molecule has 0 unspecified atom stereocenters. The monoisotopic (exact) mass is 888 g/mol. The standard InChI is InChI=1S/C36H36N6O12S2Se/c1-4-38-24(18-20(2)33-39(14-7-17-56(51,52)53)23-8-5-6-9-25(23)54-33)30(46)42(22-12-10-21(11-13-22)35(49)50)29(38)28-32(48)41(19-26(44)45)34(57-28)27-31(47)37(3)36(55)40(27)15-16-43/h5-6,8-13,18,43H,4,7,14-17,19H2,1-3H3,(H,44,45)(H,49,50)(H,51,52,53)/b24-18-,29-28-,33-20+,34-27+. The maximum atomic E-state index is 14.7. The van der Waals surface area contributed by atoms with Crippen molar-refractivity contribution in [3.8, 4) is 11.4 Å². The molecule has 2 aliphatic rings. The van der Waals surface area contributed by atoms with E-state index in [4.69, 9.17) is 17.0 Å². The Morgan fingerprint density at radius 3 is 2.26 bits per heavy atom. The number of aliphatic carboxylic acids is 1. The quantitative estimate of drug-likeness (QED) is 0.0783. The second-order valence-electron chi connectivity index (χ2n) is 12.8. The SMILES string of the molecule is CCn1/c(=C\C(C)=C2\Oc3ccccc3N2CCCS(=O)(=O)O)c(=O)n(-c2ccc(C(=O)O)cc2)/c1=c1\[se]/c(=C2\C(=O)N(C)C(=S)N2CCO)n(CC(=O)O)c1=O. The molecule has 1 saturated heterocycles. The van der Waals surface area contributed by atoms with Gasteiger partial charge in [-0.05, 0) is 0 Å². The van der Waals surface area contributed by atoms with Gasteiger partial charge in [0.2, 0.25) is 0 Å². The normalized spacial score (nSPS) is 17.1. The van der Waals surface area contributed by atoms with Gasteiger partial charge in [-0.15, -0.1) is 0 Å². The number of nitrogens with zero attached hydrogens (tertiary/aromatic N) is 6. The number of para-hydroxylation sites is 2. The number of thiocarbonyl (C=S) groups is 1. The fourth-order valence-electron chi connectivity index (χ4n) is 6.62. The average Bonchev–Trinajstić information content (AvgIpc) is 3.83. The number of β-amino-alcohol motifs (C(OH)–C–C–N with tert-alkyl or cyclic N) is 1. The van der Waals surface area contributed by atoms with Gasteiger partial charge in [0.15, 0.2) is 0 Å². The third kappa shape index (κ3) is 7.76. The first-order valence-electron chi connectivity index (χ1n) is 17.3. The second-order valence-corrected chi connectivity index (χ2v) is 16.9. The molecule has 1 amide bonds. The Morgan fingerprint density at radius 2 is 1.65 bits per heavy atom. The van der Waals surface area contributed by atoms with Gasteiger partial charge in [0.1, 0.15) is 0 Å². The fourth-order valence-corrected chi connectivity index (χ4v) is 9.97. The van der Waals surface area contributed by atoms with Gasteiger partial charge in [-0.1, -0.05) is 0 Å². The first-order valence-corrected chi connectivity index (χ1v) is 21.0. The van der Waals surface area contributed by atoms with Gasteiger partial charge in [0.25, 0.3) is 0 Å². The van der Waals surface area contributed by atoms with Crippen LogP contribution in [0.2, 0.25) is 0 Å². The molecular formula is C36H36N6O12S2Se. The van der Waals surface area contributed by atoms with Crippen LogP contribution in [0, 0.1) is 9.57 Å². The van der Waals surface area contributed by atoms with Gasteiger partial charge in [-0.25, -0.2) is 0 Å². The third-order valence-electron chi connectivity index (χ3n) is 9.15. The van der Waals surface area contributed by atoms with Crippen molar-refractivity contribution in [1.29, 1.82) is 0 Å². The number of carbonyl (C=O) groups excluding carboxylic acids is 1. The van der Waals surface area contributed by atoms with E-state index in [1.54, 1.807) is 47.6 Å². The van der Waals surface area contributed by atoms with Crippen LogP contribution in [0.15, 0.2) is 69.6 Å². The molecule has 4 aromatic rings. The number of hydrogen-bond acceptors (Lipinski definition) is 11. The molecule has 300 valence electrons. The summed E-state index contributed by atoms with van der Waals surface area (Å²) in [5, 5.41) is 29.4. The van der Waals surface area contributed by atoms with Crippen LogP contribution < -0.4 is 30.3 Å². The number of carboxylic acids is 2. The van der Waals surface area contributed by atoms with E-state index >= 15 is 0 Å². The number of anilines is 1. The summed E-state index contributed by atoms with van der Waals surface area (Å²) in [7, 11) is -2.84. The molecule has 4 N–H and O–H groups in total. The zero-order valence-corrected chi connectivity index (χ0v) is 34.0. The van der Waals surface area contributed by atoms with E-state index in [0.717, 1.165) is 9.47 Å². The van der Waals surface area contributed by atoms with Gasteiger partial charge in [0.05, 0.1) is 0 Å². The molecule has 4 heterocycles. The molecule has 0 saturated carbocycles. The molecule has 2 aromatic heterocycles. The van der Waals surface area contributed by atoms with Crippen LogP contribution in [-0.4, -0.2) is 122 Å². The predicted octanol–water partition coefficient (Wildman–Crippen LogP) is -0.704. The fraction of sp³-hybridized carbons (Fsp3) is 0.278. The molecule has 0 radical (unpaired) electrons. The predicted molar refractivity (Wildman–Crippen MR) is 210 cm³/mol. The number of rotatable bonds is 12. The zero-order chi connectivity index (χ0) is 41.5. The number of likely N-dealkylation sites (N-methyl/N-ethyl adjacent to an activating group) is 1. The topological polar surface area (TPSA) is 234 Å². The van der Waals surface area contributed by atoms with Gasteiger partial charge in [-0.2, -0.15) is 8.42 Å². The number of carbonyl (C=O) groups is 3. The molecule has 2 aliphatic heterocycles. The molecule has 21 heteroatoms. The number of allylic oxidation sites excluding steroid dienone is 1. The summed E-state index contributed by atoms with van der Waals surface area (Å²) < 4.78 is 42.4. The number of ether oxygens (including phenoxy) is 1. The number of hydrogen-bond donors (Lipinski definition) is 4. The number of aromatic carboxylic acids is 1. The minimum atomic E-state index is -4.26. The van der Waals surface area contributed by atoms with Crippen LogP contribution in [-0.2, 0) is 32.8 Å². The second kappa shape index (κ2) is 16.1. The van der Waals surface area contributed by atoms with Crippen LogP contribution in [0.25, 0.3) is 17.5 Å². The number of aliphatic hydroxyl groups excluding tert-OH is 1. The summed E-state index contributed by atoms with van der Waals surface area (Å²) in [5.74, 6) is -2.98. The number of aromatic nitrogens is 3. The first-order chi connectivity index (χ1) is 27.0. The van der Waals surface area contributed by atoms with Crippen LogP contribution in [0.5, 0.6) is 5.75 Å². The Balaban J connectivity index is 1.74. The number of amides is 1. The van der Waals surface area contributed by atoms with Gasteiger partial charge in [0, 0.05) is 0 Å². The zero-order valence-electron chi connectivity index (χ0n) is 30.6. The van der Waals surface area contributed by atoms with Crippen molar-refractivity contribution in [2.75, 3.05) is 37.4 Å².